The van der Waals surface area contributed by atoms with Crippen molar-refractivity contribution in [2.24, 2.45) is 0 Å². The van der Waals surface area contributed by atoms with Gasteiger partial charge in [0.2, 0.25) is 0 Å². The van der Waals surface area contributed by atoms with Crippen LogP contribution in [0, 0.1) is 0 Å². The first-order valence-corrected chi connectivity index (χ1v) is 46.0. The average Bonchev–Trinajstić information content (AvgIpc) is 1.06. The third-order valence-electron chi connectivity index (χ3n) is 20.7. The van der Waals surface area contributed by atoms with Crippen molar-refractivity contribution in [1.29, 1.82) is 0 Å². The van der Waals surface area contributed by atoms with Gasteiger partial charge in [0.15, 0.2) is 6.10 Å². The van der Waals surface area contributed by atoms with Gasteiger partial charge in [0.05, 0.1) is 27.7 Å². The molecule has 0 bridgehead atoms. The Balaban J connectivity index is 3.83. The summed E-state index contributed by atoms with van der Waals surface area (Å²) in [5.41, 5.74) is 0. The molecule has 0 radical (unpaired) electrons. The first-order chi connectivity index (χ1) is 48.5. The highest BCUT2D eigenvalue weighted by molar-refractivity contribution is 7.45. The molecule has 0 amide bonds. The van der Waals surface area contributed by atoms with Crippen molar-refractivity contribution in [3.05, 3.63) is 24.3 Å². The summed E-state index contributed by atoms with van der Waals surface area (Å²) in [7, 11) is 1.20. The second-order valence-corrected chi connectivity index (χ2v) is 33.4. The van der Waals surface area contributed by atoms with Gasteiger partial charge >= 0.3 is 11.9 Å². The Kier molecular flexibility index (Phi) is 79.4. The molecule has 0 fully saturated rings. The summed E-state index contributed by atoms with van der Waals surface area (Å²) in [6.45, 7) is 4.33. The first kappa shape index (κ1) is 97.5. The summed E-state index contributed by atoms with van der Waals surface area (Å²) in [6.07, 6.45) is 105. The van der Waals surface area contributed by atoms with E-state index < -0.39 is 26.5 Å². The topological polar surface area (TPSA) is 111 Å². The van der Waals surface area contributed by atoms with Gasteiger partial charge in [0.1, 0.15) is 19.8 Å². The number of carbonyl (C=O) groups excluding carboxylic acids is 2. The summed E-state index contributed by atoms with van der Waals surface area (Å²) in [6, 6.07) is 0. The van der Waals surface area contributed by atoms with Crippen molar-refractivity contribution in [3.8, 4) is 0 Å². The molecule has 0 aromatic rings. The molecule has 0 spiro atoms. The minimum absolute atomic E-state index is 0.0261. The Morgan fingerprint density at radius 3 is 0.798 bits per heavy atom. The summed E-state index contributed by atoms with van der Waals surface area (Å²) in [4.78, 5) is 38.2. The van der Waals surface area contributed by atoms with E-state index in [2.05, 4.69) is 38.2 Å². The van der Waals surface area contributed by atoms with E-state index in [9.17, 15) is 19.0 Å². The van der Waals surface area contributed by atoms with Crippen molar-refractivity contribution >= 4 is 19.8 Å². The maximum atomic E-state index is 12.9. The molecular formula is C89H174NO8P. The number of unbranched alkanes of at least 4 members (excludes halogenated alkanes) is 67. The Labute approximate surface area is 619 Å². The van der Waals surface area contributed by atoms with Gasteiger partial charge in [-0.15, -0.1) is 0 Å². The smallest absolute Gasteiger partial charge is 0.306 e. The predicted octanol–water partition coefficient (Wildman–Crippen LogP) is 29.3. The molecule has 0 N–H and O–H groups in total. The van der Waals surface area contributed by atoms with E-state index in [-0.39, 0.29) is 32.0 Å². The molecule has 0 aliphatic rings. The van der Waals surface area contributed by atoms with Gasteiger partial charge in [0, 0.05) is 12.8 Å². The second kappa shape index (κ2) is 80.6. The quantitative estimate of drug-likeness (QED) is 0.0195. The molecule has 0 aromatic heterocycles. The zero-order valence-electron chi connectivity index (χ0n) is 67.5. The van der Waals surface area contributed by atoms with Crippen LogP contribution in [0.4, 0.5) is 0 Å². The number of hydrogen-bond donors (Lipinski definition) is 0. The number of phosphoric ester groups is 1. The fourth-order valence-electron chi connectivity index (χ4n) is 13.9. The lowest BCUT2D eigenvalue weighted by Crippen LogP contribution is -2.37. The van der Waals surface area contributed by atoms with Gasteiger partial charge in [-0.3, -0.25) is 14.2 Å². The molecule has 0 aliphatic carbocycles. The number of rotatable bonds is 85. The van der Waals surface area contributed by atoms with Crippen LogP contribution in [0.5, 0.6) is 0 Å². The SMILES string of the molecule is CCCCCCC/C=C\C/C=C\CCCCCCCCCCCCCCCCCCCCCCCCCC(=O)OC(COC(=O)CCCCCCCCCCCCCCCCCCCCCCCCCCCCCCCCCCCCCCCCCC)COP(=O)([O-])OCC[N+](C)(C)C. The van der Waals surface area contributed by atoms with Crippen LogP contribution in [-0.2, 0) is 32.7 Å². The van der Waals surface area contributed by atoms with Gasteiger partial charge in [-0.1, -0.05) is 449 Å². The lowest BCUT2D eigenvalue weighted by atomic mass is 10.0. The van der Waals surface area contributed by atoms with Crippen molar-refractivity contribution in [2.75, 3.05) is 47.5 Å². The van der Waals surface area contributed by atoms with Crippen molar-refractivity contribution in [3.63, 3.8) is 0 Å². The van der Waals surface area contributed by atoms with E-state index >= 15 is 0 Å². The van der Waals surface area contributed by atoms with Gasteiger partial charge in [-0.05, 0) is 44.9 Å². The predicted molar refractivity (Wildman–Crippen MR) is 430 cm³/mol. The molecular weight excluding hydrogens is 1240 g/mol. The Morgan fingerprint density at radius 1 is 0.313 bits per heavy atom. The first-order valence-electron chi connectivity index (χ1n) is 44.5. The molecule has 0 saturated carbocycles. The van der Waals surface area contributed by atoms with Crippen molar-refractivity contribution in [2.45, 2.75) is 489 Å². The van der Waals surface area contributed by atoms with E-state index in [4.69, 9.17) is 18.5 Å². The van der Waals surface area contributed by atoms with Gasteiger partial charge < -0.3 is 27.9 Å². The maximum Gasteiger partial charge on any atom is 0.306 e. The molecule has 9 nitrogen and oxygen atoms in total. The van der Waals surface area contributed by atoms with Crippen molar-refractivity contribution in [1.82, 2.24) is 0 Å². The molecule has 0 rings (SSSR count). The van der Waals surface area contributed by atoms with Crippen LogP contribution >= 0.6 is 7.82 Å². The standard InChI is InChI=1S/C89H174NO8P/c1-6-8-10-12-14-16-18-20-22-24-26-28-30-32-34-36-38-40-42-43-44-45-46-48-49-51-53-55-57-59-61-63-65-67-69-71-73-75-77-79-81-88(91)95-85-87(86-97-99(93,94)96-84-83-90(3,4)5)98-89(92)82-80-78-76-74-72-70-68-66-64-62-60-58-56-54-52-50-47-41-39-37-35-33-31-29-27-25-23-21-19-17-15-13-11-9-7-2/h19,21,25,27,87H,6-18,20,22-24,26,28-86H2,1-5H3/b21-19-,27-25-. The zero-order valence-corrected chi connectivity index (χ0v) is 68.4. The van der Waals surface area contributed by atoms with Crippen molar-refractivity contribution < 1.29 is 42.1 Å². The molecule has 588 valence electrons. The minimum Gasteiger partial charge on any atom is -0.756 e. The Morgan fingerprint density at radius 2 is 0.545 bits per heavy atom. The number of allylic oxidation sites excluding steroid dienone is 4. The average molecular weight is 1420 g/mol. The summed E-state index contributed by atoms with van der Waals surface area (Å²) >= 11 is 0. The summed E-state index contributed by atoms with van der Waals surface area (Å²) in [5.74, 6) is -0.802. The van der Waals surface area contributed by atoms with Crippen LogP contribution in [0.1, 0.15) is 483 Å². The van der Waals surface area contributed by atoms with E-state index in [1.165, 1.54) is 411 Å². The number of phosphoric acid groups is 1. The summed E-state index contributed by atoms with van der Waals surface area (Å²) < 4.78 is 34.5. The number of esters is 2. The fraction of sp³-hybridized carbons (Fsp3) is 0.933. The largest absolute Gasteiger partial charge is 0.756 e. The lowest BCUT2D eigenvalue weighted by molar-refractivity contribution is -0.870. The van der Waals surface area contributed by atoms with Crippen LogP contribution in [0.15, 0.2) is 24.3 Å². The number of quaternary nitrogens is 1. The second-order valence-electron chi connectivity index (χ2n) is 32.0. The molecule has 0 aromatic carbocycles. The van der Waals surface area contributed by atoms with Gasteiger partial charge in [-0.25, -0.2) is 0 Å². The van der Waals surface area contributed by atoms with E-state index in [1.54, 1.807) is 0 Å². The zero-order chi connectivity index (χ0) is 71.8. The molecule has 0 heterocycles. The van der Waals surface area contributed by atoms with Crippen LogP contribution in [0.25, 0.3) is 0 Å². The fourth-order valence-corrected chi connectivity index (χ4v) is 14.7. The molecule has 10 heteroatoms. The van der Waals surface area contributed by atoms with Crippen LogP contribution < -0.4 is 4.89 Å². The minimum atomic E-state index is -4.64. The number of likely N-dealkylation sites (N-methyl/N-ethyl adjacent to an activating group) is 1. The van der Waals surface area contributed by atoms with Gasteiger partial charge in [0.25, 0.3) is 7.82 Å². The molecule has 0 saturated heterocycles. The highest BCUT2D eigenvalue weighted by Gasteiger charge is 2.22. The van der Waals surface area contributed by atoms with E-state index in [0.29, 0.717) is 17.4 Å². The monoisotopic (exact) mass is 1420 g/mol. The molecule has 0 aliphatic heterocycles. The third kappa shape index (κ3) is 85.3. The normalized spacial score (nSPS) is 13.0. The van der Waals surface area contributed by atoms with Crippen LogP contribution in [0.2, 0.25) is 0 Å². The highest BCUT2D eigenvalue weighted by atomic mass is 31.2. The Hall–Kier alpha value is -1.51. The number of hydrogen-bond acceptors (Lipinski definition) is 8. The van der Waals surface area contributed by atoms with E-state index in [0.717, 1.165) is 38.5 Å². The van der Waals surface area contributed by atoms with Crippen LogP contribution in [0.3, 0.4) is 0 Å². The highest BCUT2D eigenvalue weighted by Crippen LogP contribution is 2.38. The van der Waals surface area contributed by atoms with Gasteiger partial charge in [-0.2, -0.15) is 0 Å². The van der Waals surface area contributed by atoms with E-state index in [1.807, 2.05) is 21.1 Å². The maximum absolute atomic E-state index is 12.9. The summed E-state index contributed by atoms with van der Waals surface area (Å²) in [5, 5.41) is 0. The molecule has 99 heavy (non-hydrogen) atoms. The third-order valence-corrected chi connectivity index (χ3v) is 21.7. The molecule has 2 unspecified atom stereocenters. The molecule has 2 atom stereocenters. The lowest BCUT2D eigenvalue weighted by Gasteiger charge is -2.28. The number of ether oxygens (including phenoxy) is 2. The number of carbonyl (C=O) groups is 2. The van der Waals surface area contributed by atoms with Crippen LogP contribution in [-0.4, -0.2) is 70.0 Å². The Bertz CT molecular complexity index is 1720. The number of nitrogens with zero attached hydrogens (tertiary/aromatic N) is 1.